The van der Waals surface area contributed by atoms with Gasteiger partial charge in [0.1, 0.15) is 11.5 Å². The Hall–Kier alpha value is -4.00. The summed E-state index contributed by atoms with van der Waals surface area (Å²) in [7, 11) is 0. The molecule has 4 aromatic carbocycles. The maximum atomic E-state index is 10.7. The summed E-state index contributed by atoms with van der Waals surface area (Å²) in [6.45, 7) is 0. The van der Waals surface area contributed by atoms with Crippen molar-refractivity contribution in [2.75, 3.05) is 0 Å². The summed E-state index contributed by atoms with van der Waals surface area (Å²) < 4.78 is 0. The third-order valence-corrected chi connectivity index (χ3v) is 4.70. The van der Waals surface area contributed by atoms with E-state index in [-0.39, 0.29) is 47.4 Å². The van der Waals surface area contributed by atoms with Crippen molar-refractivity contribution in [1.29, 1.82) is 0 Å². The molecule has 6 nitrogen and oxygen atoms in total. The highest BCUT2D eigenvalue weighted by molar-refractivity contribution is 5.89. The van der Waals surface area contributed by atoms with Crippen LogP contribution in [0.2, 0.25) is 0 Å². The molecule has 0 atom stereocenters. The number of benzene rings is 4. The molecule has 0 heterocycles. The first-order chi connectivity index (χ1) is 15.4. The highest BCUT2D eigenvalue weighted by Gasteiger charge is 2.07. The highest BCUT2D eigenvalue weighted by Crippen LogP contribution is 2.34. The van der Waals surface area contributed by atoms with Crippen molar-refractivity contribution in [1.82, 2.24) is 0 Å². The number of carbonyl (C=O) groups is 2. The Morgan fingerprint density at radius 2 is 0.765 bits per heavy atom. The molecule has 0 spiro atoms. The minimum absolute atomic E-state index is 0. The van der Waals surface area contributed by atoms with Crippen LogP contribution in [0.15, 0.2) is 97.1 Å². The van der Waals surface area contributed by atoms with Crippen molar-refractivity contribution >= 4 is 36.8 Å². The van der Waals surface area contributed by atoms with Gasteiger partial charge >= 0.3 is 11.9 Å². The van der Waals surface area contributed by atoms with Crippen LogP contribution < -0.4 is 0 Å². The van der Waals surface area contributed by atoms with Crippen LogP contribution in [0.5, 0.6) is 11.5 Å². The third kappa shape index (κ3) is 7.00. The Morgan fingerprint density at radius 3 is 1.03 bits per heavy atom. The Morgan fingerprint density at radius 1 is 0.471 bits per heavy atom. The van der Waals surface area contributed by atoms with E-state index in [0.29, 0.717) is 11.1 Å². The molecule has 0 saturated heterocycles. The Balaban J connectivity index is 0.000000329. The first kappa shape index (κ1) is 28.0. The number of hydrogen-bond acceptors (Lipinski definition) is 4. The molecule has 0 fully saturated rings. The van der Waals surface area contributed by atoms with Gasteiger partial charge in [-0.1, -0.05) is 60.7 Å². The standard InChI is InChI=1S/C14H10O4.C12H10O2.2ClH/c15-13(16)11-5-1-9(2-6-11)10-3-7-12(8-4-10)14(17)18;13-11-7-3-1-5-9(11)10-6-2-4-8-12(10)14;;/h1-8H,(H,15,16)(H,17,18);1-8,13-14H;2*1H. The number of carboxylic acid groups (broad SMARTS) is 2. The van der Waals surface area contributed by atoms with Crippen molar-refractivity contribution in [3.63, 3.8) is 0 Å². The normalized spacial score (nSPS) is 9.41. The number of phenolic OH excluding ortho intramolecular Hbond substituents is 2. The highest BCUT2D eigenvalue weighted by atomic mass is 35.5. The van der Waals surface area contributed by atoms with Gasteiger partial charge in [0.05, 0.1) is 11.1 Å². The van der Waals surface area contributed by atoms with E-state index < -0.39 is 11.9 Å². The molecule has 4 rings (SSSR count). The van der Waals surface area contributed by atoms with E-state index in [9.17, 15) is 19.8 Å². The van der Waals surface area contributed by atoms with Gasteiger partial charge in [0.15, 0.2) is 0 Å². The molecule has 0 saturated carbocycles. The van der Waals surface area contributed by atoms with Crippen molar-refractivity contribution in [3.8, 4) is 33.8 Å². The SMILES string of the molecule is Cl.Cl.O=C(O)c1ccc(-c2ccc(C(=O)O)cc2)cc1.Oc1ccccc1-c1ccccc1O. The van der Waals surface area contributed by atoms with Gasteiger partial charge in [0.2, 0.25) is 0 Å². The summed E-state index contributed by atoms with van der Waals surface area (Å²) in [5, 5.41) is 36.7. The average Bonchev–Trinajstić information content (AvgIpc) is 2.80. The van der Waals surface area contributed by atoms with Crippen LogP contribution >= 0.6 is 24.8 Å². The van der Waals surface area contributed by atoms with Gasteiger partial charge in [-0.05, 0) is 47.5 Å². The molecule has 4 N–H and O–H groups in total. The third-order valence-electron chi connectivity index (χ3n) is 4.70. The lowest BCUT2D eigenvalue weighted by Crippen LogP contribution is -1.96. The van der Waals surface area contributed by atoms with E-state index in [2.05, 4.69) is 0 Å². The summed E-state index contributed by atoms with van der Waals surface area (Å²) in [5.41, 5.74) is 3.42. The molecular weight excluding hydrogens is 479 g/mol. The number of para-hydroxylation sites is 2. The average molecular weight is 501 g/mol. The van der Waals surface area contributed by atoms with E-state index in [1.165, 1.54) is 24.3 Å². The quantitative estimate of drug-likeness (QED) is 0.259. The van der Waals surface area contributed by atoms with Crippen molar-refractivity contribution in [3.05, 3.63) is 108 Å². The van der Waals surface area contributed by atoms with Gasteiger partial charge in [-0.25, -0.2) is 9.59 Å². The number of carboxylic acids is 2. The second kappa shape index (κ2) is 12.9. The fourth-order valence-electron chi connectivity index (χ4n) is 3.01. The fraction of sp³-hybridized carbons (Fsp3) is 0. The minimum atomic E-state index is -0.970. The molecule has 0 radical (unpaired) electrons. The predicted molar refractivity (Wildman–Crippen MR) is 136 cm³/mol. The molecular formula is C26H22Cl2O6. The van der Waals surface area contributed by atoms with Gasteiger partial charge < -0.3 is 20.4 Å². The largest absolute Gasteiger partial charge is 0.507 e. The minimum Gasteiger partial charge on any atom is -0.507 e. The Kier molecular flexibility index (Phi) is 10.6. The smallest absolute Gasteiger partial charge is 0.335 e. The molecule has 0 aliphatic carbocycles. The first-order valence-corrected chi connectivity index (χ1v) is 9.60. The lowest BCUT2D eigenvalue weighted by molar-refractivity contribution is 0.0686. The number of halogens is 2. The number of aromatic carboxylic acids is 2. The van der Waals surface area contributed by atoms with Gasteiger partial charge in [0.25, 0.3) is 0 Å². The van der Waals surface area contributed by atoms with Crippen LogP contribution in [0, 0.1) is 0 Å². The molecule has 0 aliphatic rings. The molecule has 176 valence electrons. The molecule has 4 aromatic rings. The summed E-state index contributed by atoms with van der Waals surface area (Å²) in [4.78, 5) is 21.4. The maximum absolute atomic E-state index is 10.7. The monoisotopic (exact) mass is 500 g/mol. The topological polar surface area (TPSA) is 115 Å². The number of rotatable bonds is 4. The van der Waals surface area contributed by atoms with Crippen molar-refractivity contribution < 1.29 is 30.0 Å². The van der Waals surface area contributed by atoms with Crippen LogP contribution in [-0.4, -0.2) is 32.4 Å². The van der Waals surface area contributed by atoms with Crippen molar-refractivity contribution in [2.24, 2.45) is 0 Å². The van der Waals surface area contributed by atoms with E-state index in [1.54, 1.807) is 60.7 Å². The maximum Gasteiger partial charge on any atom is 0.335 e. The zero-order valence-corrected chi connectivity index (χ0v) is 19.3. The molecule has 0 unspecified atom stereocenters. The van der Waals surface area contributed by atoms with Crippen LogP contribution in [0.25, 0.3) is 22.3 Å². The zero-order valence-electron chi connectivity index (χ0n) is 17.7. The summed E-state index contributed by atoms with van der Waals surface area (Å²) in [6.07, 6.45) is 0. The number of phenols is 2. The molecule has 0 aliphatic heterocycles. The van der Waals surface area contributed by atoms with Crippen LogP contribution in [0.4, 0.5) is 0 Å². The number of hydrogen-bond donors (Lipinski definition) is 4. The lowest BCUT2D eigenvalue weighted by Gasteiger charge is -2.05. The van der Waals surface area contributed by atoms with E-state index >= 15 is 0 Å². The van der Waals surface area contributed by atoms with Gasteiger partial charge in [-0.3, -0.25) is 0 Å². The van der Waals surface area contributed by atoms with Gasteiger partial charge in [-0.2, -0.15) is 0 Å². The molecule has 34 heavy (non-hydrogen) atoms. The summed E-state index contributed by atoms with van der Waals surface area (Å²) in [5.74, 6) is -1.59. The zero-order chi connectivity index (χ0) is 23.1. The first-order valence-electron chi connectivity index (χ1n) is 9.60. The predicted octanol–water partition coefficient (Wildman–Crippen LogP) is 6.36. The van der Waals surface area contributed by atoms with Crippen LogP contribution in [-0.2, 0) is 0 Å². The van der Waals surface area contributed by atoms with E-state index in [0.717, 1.165) is 11.1 Å². The molecule has 0 aromatic heterocycles. The van der Waals surface area contributed by atoms with E-state index in [1.807, 2.05) is 12.1 Å². The van der Waals surface area contributed by atoms with Gasteiger partial charge in [0, 0.05) is 11.1 Å². The summed E-state index contributed by atoms with van der Waals surface area (Å²) >= 11 is 0. The molecule has 0 amide bonds. The second-order valence-corrected chi connectivity index (χ2v) is 6.80. The summed E-state index contributed by atoms with van der Waals surface area (Å²) in [6, 6.07) is 26.7. The second-order valence-electron chi connectivity index (χ2n) is 6.80. The Bertz CT molecular complexity index is 1140. The van der Waals surface area contributed by atoms with Gasteiger partial charge in [-0.15, -0.1) is 24.8 Å². The van der Waals surface area contributed by atoms with Crippen LogP contribution in [0.1, 0.15) is 20.7 Å². The molecule has 8 heteroatoms. The van der Waals surface area contributed by atoms with Crippen LogP contribution in [0.3, 0.4) is 0 Å². The van der Waals surface area contributed by atoms with Crippen molar-refractivity contribution in [2.45, 2.75) is 0 Å². The van der Waals surface area contributed by atoms with E-state index in [4.69, 9.17) is 10.2 Å². The Labute approximate surface area is 208 Å². The fourth-order valence-corrected chi connectivity index (χ4v) is 3.01. The molecule has 0 bridgehead atoms. The number of aromatic hydroxyl groups is 2. The lowest BCUT2D eigenvalue weighted by atomic mass is 10.0.